The van der Waals surface area contributed by atoms with Crippen molar-refractivity contribution in [3.05, 3.63) is 46.8 Å². The fourth-order valence-electron chi connectivity index (χ4n) is 1.41. The van der Waals surface area contributed by atoms with Gasteiger partial charge in [0.15, 0.2) is 5.82 Å². The average molecular weight is 256 g/mol. The van der Waals surface area contributed by atoms with Crippen LogP contribution in [0, 0.1) is 5.82 Å². The molecular weight excluding hydrogens is 245 g/mol. The molecule has 1 heterocycles. The maximum atomic E-state index is 13.3. The second-order valence-electron chi connectivity index (χ2n) is 3.62. The van der Waals surface area contributed by atoms with E-state index in [1.807, 2.05) is 6.92 Å². The summed E-state index contributed by atoms with van der Waals surface area (Å²) in [6, 6.07) is 4.70. The predicted octanol–water partition coefficient (Wildman–Crippen LogP) is 2.71. The minimum atomic E-state index is -0.419. The van der Waals surface area contributed by atoms with E-state index in [0.29, 0.717) is 12.4 Å². The zero-order chi connectivity index (χ0) is 12.3. The fourth-order valence-corrected chi connectivity index (χ4v) is 1.53. The van der Waals surface area contributed by atoms with E-state index in [0.717, 1.165) is 5.56 Å². The molecular formula is C11H11ClFN3O. The molecule has 1 atom stereocenters. The van der Waals surface area contributed by atoms with E-state index in [1.54, 1.807) is 12.1 Å². The van der Waals surface area contributed by atoms with Crippen molar-refractivity contribution >= 4 is 11.6 Å². The van der Waals surface area contributed by atoms with Crippen LogP contribution in [0.25, 0.3) is 0 Å². The van der Waals surface area contributed by atoms with E-state index in [1.165, 1.54) is 12.5 Å². The van der Waals surface area contributed by atoms with Crippen molar-refractivity contribution in [2.24, 2.45) is 0 Å². The molecule has 1 unspecified atom stereocenters. The highest BCUT2D eigenvalue weighted by molar-refractivity contribution is 6.30. The standard InChI is InChI=1S/C11H11ClFN3O/c1-7(14-5-11-15-6-17-16-11)8-2-3-9(12)10(13)4-8/h2-4,6-7,14H,5H2,1H3. The third kappa shape index (κ3) is 3.01. The van der Waals surface area contributed by atoms with Crippen LogP contribution in [0.2, 0.25) is 5.02 Å². The first-order valence-corrected chi connectivity index (χ1v) is 5.48. The second-order valence-corrected chi connectivity index (χ2v) is 4.03. The van der Waals surface area contributed by atoms with Crippen LogP contribution in [0.5, 0.6) is 0 Å². The molecule has 0 aliphatic heterocycles. The molecule has 1 aromatic carbocycles. The first-order chi connectivity index (χ1) is 8.16. The summed E-state index contributed by atoms with van der Waals surface area (Å²) in [5, 5.41) is 6.95. The topological polar surface area (TPSA) is 51.0 Å². The van der Waals surface area contributed by atoms with Crippen LogP contribution in [0.4, 0.5) is 4.39 Å². The summed E-state index contributed by atoms with van der Waals surface area (Å²) in [6.07, 6.45) is 1.27. The summed E-state index contributed by atoms with van der Waals surface area (Å²) >= 11 is 5.62. The number of rotatable bonds is 4. The highest BCUT2D eigenvalue weighted by Crippen LogP contribution is 2.20. The molecule has 0 bridgehead atoms. The van der Waals surface area contributed by atoms with Gasteiger partial charge in [-0.05, 0) is 24.6 Å². The van der Waals surface area contributed by atoms with Crippen molar-refractivity contribution in [2.75, 3.05) is 0 Å². The third-order valence-corrected chi connectivity index (χ3v) is 2.72. The monoisotopic (exact) mass is 255 g/mol. The molecule has 0 spiro atoms. The molecule has 2 aromatic rings. The fraction of sp³-hybridized carbons (Fsp3) is 0.273. The molecule has 0 saturated heterocycles. The number of nitrogens with one attached hydrogen (secondary N) is 1. The summed E-state index contributed by atoms with van der Waals surface area (Å²) in [5.41, 5.74) is 0.815. The number of hydrogen-bond donors (Lipinski definition) is 1. The highest BCUT2D eigenvalue weighted by atomic mass is 35.5. The Bertz CT molecular complexity index is 489. The average Bonchev–Trinajstić information content (AvgIpc) is 2.82. The van der Waals surface area contributed by atoms with Crippen molar-refractivity contribution in [1.29, 1.82) is 0 Å². The number of halogens is 2. The van der Waals surface area contributed by atoms with Crippen molar-refractivity contribution < 1.29 is 8.91 Å². The SMILES string of the molecule is CC(NCc1ncon1)c1ccc(Cl)c(F)c1. The Morgan fingerprint density at radius 1 is 1.53 bits per heavy atom. The van der Waals surface area contributed by atoms with E-state index >= 15 is 0 Å². The Labute approximate surface area is 103 Å². The van der Waals surface area contributed by atoms with E-state index in [2.05, 4.69) is 20.0 Å². The van der Waals surface area contributed by atoms with Gasteiger partial charge in [-0.1, -0.05) is 22.8 Å². The second kappa shape index (κ2) is 5.25. The zero-order valence-electron chi connectivity index (χ0n) is 9.15. The number of hydrogen-bond acceptors (Lipinski definition) is 4. The van der Waals surface area contributed by atoms with Gasteiger partial charge in [-0.15, -0.1) is 0 Å². The molecule has 0 fully saturated rings. The molecule has 17 heavy (non-hydrogen) atoms. The van der Waals surface area contributed by atoms with Gasteiger partial charge >= 0.3 is 0 Å². The molecule has 0 radical (unpaired) electrons. The molecule has 0 amide bonds. The lowest BCUT2D eigenvalue weighted by atomic mass is 10.1. The van der Waals surface area contributed by atoms with Gasteiger partial charge in [-0.25, -0.2) is 4.39 Å². The van der Waals surface area contributed by atoms with Crippen LogP contribution in [-0.4, -0.2) is 10.1 Å². The summed E-state index contributed by atoms with van der Waals surface area (Å²) < 4.78 is 17.9. The van der Waals surface area contributed by atoms with Crippen LogP contribution in [0.1, 0.15) is 24.4 Å². The van der Waals surface area contributed by atoms with E-state index in [4.69, 9.17) is 11.6 Å². The number of aromatic nitrogens is 2. The lowest BCUT2D eigenvalue weighted by Crippen LogP contribution is -2.18. The Balaban J connectivity index is 1.99. The van der Waals surface area contributed by atoms with Crippen LogP contribution in [-0.2, 0) is 6.54 Å². The van der Waals surface area contributed by atoms with Gasteiger partial charge in [0.2, 0.25) is 6.39 Å². The Kier molecular flexibility index (Phi) is 3.71. The summed E-state index contributed by atoms with van der Waals surface area (Å²) in [7, 11) is 0. The maximum absolute atomic E-state index is 13.3. The van der Waals surface area contributed by atoms with Crippen molar-refractivity contribution in [3.8, 4) is 0 Å². The molecule has 1 aromatic heterocycles. The molecule has 0 aliphatic rings. The Morgan fingerprint density at radius 2 is 2.35 bits per heavy atom. The maximum Gasteiger partial charge on any atom is 0.213 e. The van der Waals surface area contributed by atoms with E-state index in [9.17, 15) is 4.39 Å². The van der Waals surface area contributed by atoms with Gasteiger partial charge in [0.25, 0.3) is 0 Å². The molecule has 0 saturated carbocycles. The molecule has 6 heteroatoms. The summed E-state index contributed by atoms with van der Waals surface area (Å²) in [5.74, 6) is 0.142. The quantitative estimate of drug-likeness (QED) is 0.913. The first-order valence-electron chi connectivity index (χ1n) is 5.10. The molecule has 2 rings (SSSR count). The van der Waals surface area contributed by atoms with E-state index in [-0.39, 0.29) is 11.1 Å². The molecule has 1 N–H and O–H groups in total. The Hall–Kier alpha value is -1.46. The normalized spacial score (nSPS) is 12.6. The summed E-state index contributed by atoms with van der Waals surface area (Å²) in [4.78, 5) is 3.88. The van der Waals surface area contributed by atoms with Gasteiger partial charge in [0, 0.05) is 6.04 Å². The first kappa shape index (κ1) is 12.0. The van der Waals surface area contributed by atoms with Gasteiger partial charge in [-0.2, -0.15) is 4.98 Å². The van der Waals surface area contributed by atoms with Gasteiger partial charge in [0.1, 0.15) is 5.82 Å². The predicted molar refractivity (Wildman–Crippen MR) is 61.0 cm³/mol. The van der Waals surface area contributed by atoms with Crippen molar-refractivity contribution in [2.45, 2.75) is 19.5 Å². The lowest BCUT2D eigenvalue weighted by Gasteiger charge is -2.13. The number of nitrogens with zero attached hydrogens (tertiary/aromatic N) is 2. The van der Waals surface area contributed by atoms with Crippen LogP contribution in [0.15, 0.2) is 29.1 Å². The van der Waals surface area contributed by atoms with Crippen LogP contribution >= 0.6 is 11.6 Å². The lowest BCUT2D eigenvalue weighted by molar-refractivity contribution is 0.405. The Morgan fingerprint density at radius 3 is 3.00 bits per heavy atom. The van der Waals surface area contributed by atoms with Gasteiger partial charge in [-0.3, -0.25) is 0 Å². The highest BCUT2D eigenvalue weighted by Gasteiger charge is 2.09. The van der Waals surface area contributed by atoms with Crippen molar-refractivity contribution in [1.82, 2.24) is 15.5 Å². The van der Waals surface area contributed by atoms with Gasteiger partial charge < -0.3 is 9.84 Å². The molecule has 0 aliphatic carbocycles. The smallest absolute Gasteiger partial charge is 0.213 e. The molecule has 4 nitrogen and oxygen atoms in total. The van der Waals surface area contributed by atoms with Crippen molar-refractivity contribution in [3.63, 3.8) is 0 Å². The summed E-state index contributed by atoms with van der Waals surface area (Å²) in [6.45, 7) is 2.38. The minimum absolute atomic E-state index is 0.0275. The zero-order valence-corrected chi connectivity index (χ0v) is 9.91. The largest absolute Gasteiger partial charge is 0.343 e. The van der Waals surface area contributed by atoms with Crippen LogP contribution < -0.4 is 5.32 Å². The van der Waals surface area contributed by atoms with Crippen LogP contribution in [0.3, 0.4) is 0 Å². The minimum Gasteiger partial charge on any atom is -0.343 e. The van der Waals surface area contributed by atoms with E-state index < -0.39 is 5.82 Å². The van der Waals surface area contributed by atoms with Gasteiger partial charge in [0.05, 0.1) is 11.6 Å². The third-order valence-electron chi connectivity index (χ3n) is 2.42. The number of benzene rings is 1. The molecule has 90 valence electrons.